The van der Waals surface area contributed by atoms with E-state index in [1.165, 1.54) is 51.9 Å². The standard InChI is InChI=1S/C12H24N2/c1-3-12(5-6-12)10-14-7-4-11(9-14)8-13-2/h11,13H,3-10H2,1-2H3. The molecule has 0 spiro atoms. The fraction of sp³-hybridized carbons (Fsp3) is 1.00. The third-order valence-corrected chi connectivity index (χ3v) is 4.13. The molecule has 0 radical (unpaired) electrons. The maximum Gasteiger partial charge on any atom is 0.00380 e. The molecule has 14 heavy (non-hydrogen) atoms. The van der Waals surface area contributed by atoms with Crippen LogP contribution in [0.25, 0.3) is 0 Å². The van der Waals surface area contributed by atoms with E-state index in [4.69, 9.17) is 0 Å². The highest BCUT2D eigenvalue weighted by atomic mass is 15.2. The maximum atomic E-state index is 3.30. The van der Waals surface area contributed by atoms with Crippen molar-refractivity contribution in [1.82, 2.24) is 10.2 Å². The van der Waals surface area contributed by atoms with E-state index in [2.05, 4.69) is 24.2 Å². The number of hydrogen-bond donors (Lipinski definition) is 1. The van der Waals surface area contributed by atoms with E-state index in [1.807, 2.05) is 0 Å². The van der Waals surface area contributed by atoms with E-state index in [-0.39, 0.29) is 0 Å². The second-order valence-electron chi connectivity index (χ2n) is 5.30. The van der Waals surface area contributed by atoms with E-state index in [9.17, 15) is 0 Å². The normalized spacial score (nSPS) is 30.9. The molecule has 2 heteroatoms. The lowest BCUT2D eigenvalue weighted by atomic mass is 10.0. The zero-order valence-corrected chi connectivity index (χ0v) is 9.68. The van der Waals surface area contributed by atoms with E-state index in [1.54, 1.807) is 0 Å². The van der Waals surface area contributed by atoms with Gasteiger partial charge in [0, 0.05) is 13.1 Å². The number of nitrogens with zero attached hydrogens (tertiary/aromatic N) is 1. The third-order valence-electron chi connectivity index (χ3n) is 4.13. The molecular formula is C12H24N2. The molecule has 0 aromatic carbocycles. The molecule has 0 amide bonds. The third kappa shape index (κ3) is 2.29. The predicted molar refractivity (Wildman–Crippen MR) is 60.4 cm³/mol. The Hall–Kier alpha value is -0.0800. The number of nitrogens with one attached hydrogen (secondary N) is 1. The van der Waals surface area contributed by atoms with Gasteiger partial charge in [0.05, 0.1) is 0 Å². The maximum absolute atomic E-state index is 3.30. The first kappa shape index (κ1) is 10.4. The van der Waals surface area contributed by atoms with Crippen LogP contribution >= 0.6 is 0 Å². The summed E-state index contributed by atoms with van der Waals surface area (Å²) in [5, 5.41) is 3.30. The van der Waals surface area contributed by atoms with Crippen molar-refractivity contribution in [2.75, 3.05) is 33.2 Å². The summed E-state index contributed by atoms with van der Waals surface area (Å²) in [4.78, 5) is 2.69. The minimum Gasteiger partial charge on any atom is -0.319 e. The fourth-order valence-corrected chi connectivity index (χ4v) is 2.79. The Morgan fingerprint density at radius 1 is 1.43 bits per heavy atom. The van der Waals surface area contributed by atoms with Gasteiger partial charge in [-0.1, -0.05) is 6.92 Å². The van der Waals surface area contributed by atoms with Crippen molar-refractivity contribution < 1.29 is 0 Å². The van der Waals surface area contributed by atoms with Crippen LogP contribution in [0.5, 0.6) is 0 Å². The van der Waals surface area contributed by atoms with Crippen molar-refractivity contribution >= 4 is 0 Å². The summed E-state index contributed by atoms with van der Waals surface area (Å²) in [5.41, 5.74) is 0.745. The minimum absolute atomic E-state index is 0.745. The van der Waals surface area contributed by atoms with E-state index < -0.39 is 0 Å². The molecule has 2 aliphatic rings. The summed E-state index contributed by atoms with van der Waals surface area (Å²) < 4.78 is 0. The summed E-state index contributed by atoms with van der Waals surface area (Å²) in [5.74, 6) is 0.910. The average Bonchev–Trinajstić information content (AvgIpc) is 2.82. The van der Waals surface area contributed by atoms with Crippen molar-refractivity contribution in [2.24, 2.45) is 11.3 Å². The zero-order valence-electron chi connectivity index (χ0n) is 9.68. The molecule has 2 nitrogen and oxygen atoms in total. The van der Waals surface area contributed by atoms with Crippen molar-refractivity contribution in [3.63, 3.8) is 0 Å². The summed E-state index contributed by atoms with van der Waals surface area (Å²) in [6.45, 7) is 7.62. The second kappa shape index (κ2) is 4.19. The molecule has 0 bridgehead atoms. The van der Waals surface area contributed by atoms with Crippen LogP contribution in [0.3, 0.4) is 0 Å². The van der Waals surface area contributed by atoms with Gasteiger partial charge in [-0.05, 0) is 57.2 Å². The van der Waals surface area contributed by atoms with Crippen LogP contribution in [-0.4, -0.2) is 38.1 Å². The highest BCUT2D eigenvalue weighted by Gasteiger charge is 2.42. The molecule has 0 aromatic rings. The predicted octanol–water partition coefficient (Wildman–Crippen LogP) is 1.72. The highest BCUT2D eigenvalue weighted by molar-refractivity contribution is 4.95. The molecule has 1 aliphatic heterocycles. The van der Waals surface area contributed by atoms with Gasteiger partial charge < -0.3 is 10.2 Å². The quantitative estimate of drug-likeness (QED) is 0.720. The van der Waals surface area contributed by atoms with Gasteiger partial charge in [0.15, 0.2) is 0 Å². The van der Waals surface area contributed by atoms with Gasteiger partial charge in [-0.25, -0.2) is 0 Å². The molecule has 82 valence electrons. The van der Waals surface area contributed by atoms with Gasteiger partial charge in [0.2, 0.25) is 0 Å². The van der Waals surface area contributed by atoms with Crippen molar-refractivity contribution in [1.29, 1.82) is 0 Å². The molecule has 2 rings (SSSR count). The van der Waals surface area contributed by atoms with Crippen LogP contribution < -0.4 is 5.32 Å². The largest absolute Gasteiger partial charge is 0.319 e. The first-order chi connectivity index (χ1) is 6.78. The van der Waals surface area contributed by atoms with Gasteiger partial charge in [-0.3, -0.25) is 0 Å². The number of likely N-dealkylation sites (tertiary alicyclic amines) is 1. The summed E-state index contributed by atoms with van der Waals surface area (Å²) in [6, 6.07) is 0. The molecular weight excluding hydrogens is 172 g/mol. The molecule has 1 saturated carbocycles. The van der Waals surface area contributed by atoms with Crippen LogP contribution in [0, 0.1) is 11.3 Å². The van der Waals surface area contributed by atoms with Gasteiger partial charge in [-0.15, -0.1) is 0 Å². The van der Waals surface area contributed by atoms with Crippen molar-refractivity contribution in [2.45, 2.75) is 32.6 Å². The van der Waals surface area contributed by atoms with Gasteiger partial charge in [0.25, 0.3) is 0 Å². The number of hydrogen-bond acceptors (Lipinski definition) is 2. The minimum atomic E-state index is 0.745. The van der Waals surface area contributed by atoms with Crippen molar-refractivity contribution in [3.8, 4) is 0 Å². The monoisotopic (exact) mass is 196 g/mol. The molecule has 1 aliphatic carbocycles. The Bertz CT molecular complexity index is 187. The Labute approximate surface area is 88.1 Å². The first-order valence-corrected chi connectivity index (χ1v) is 6.15. The summed E-state index contributed by atoms with van der Waals surface area (Å²) in [7, 11) is 2.07. The Morgan fingerprint density at radius 2 is 2.21 bits per heavy atom. The molecule has 1 saturated heterocycles. The summed E-state index contributed by atoms with van der Waals surface area (Å²) in [6.07, 6.45) is 5.76. The lowest BCUT2D eigenvalue weighted by Crippen LogP contribution is -2.29. The van der Waals surface area contributed by atoms with E-state index >= 15 is 0 Å². The highest BCUT2D eigenvalue weighted by Crippen LogP contribution is 2.49. The molecule has 1 atom stereocenters. The average molecular weight is 196 g/mol. The van der Waals surface area contributed by atoms with Gasteiger partial charge in [-0.2, -0.15) is 0 Å². The zero-order chi connectivity index (χ0) is 10.0. The molecule has 2 fully saturated rings. The SMILES string of the molecule is CCC1(CN2CCC(CNC)C2)CC1. The lowest BCUT2D eigenvalue weighted by Gasteiger charge is -2.22. The van der Waals surface area contributed by atoms with Crippen LogP contribution in [0.1, 0.15) is 32.6 Å². The van der Waals surface area contributed by atoms with Crippen LogP contribution in [-0.2, 0) is 0 Å². The topological polar surface area (TPSA) is 15.3 Å². The van der Waals surface area contributed by atoms with Gasteiger partial charge in [0.1, 0.15) is 0 Å². The number of rotatable bonds is 5. The van der Waals surface area contributed by atoms with Crippen molar-refractivity contribution in [3.05, 3.63) is 0 Å². The molecule has 1 N–H and O–H groups in total. The summed E-state index contributed by atoms with van der Waals surface area (Å²) >= 11 is 0. The molecule has 1 heterocycles. The lowest BCUT2D eigenvalue weighted by molar-refractivity contribution is 0.250. The van der Waals surface area contributed by atoms with E-state index in [0.717, 1.165) is 11.3 Å². The van der Waals surface area contributed by atoms with Crippen LogP contribution in [0.15, 0.2) is 0 Å². The van der Waals surface area contributed by atoms with Crippen LogP contribution in [0.4, 0.5) is 0 Å². The fourth-order valence-electron chi connectivity index (χ4n) is 2.79. The Kier molecular flexibility index (Phi) is 3.13. The Balaban J connectivity index is 1.73. The van der Waals surface area contributed by atoms with Gasteiger partial charge >= 0.3 is 0 Å². The Morgan fingerprint density at radius 3 is 2.79 bits per heavy atom. The first-order valence-electron chi connectivity index (χ1n) is 6.15. The van der Waals surface area contributed by atoms with E-state index in [0.29, 0.717) is 0 Å². The molecule has 1 unspecified atom stereocenters. The molecule has 0 aromatic heterocycles. The van der Waals surface area contributed by atoms with Crippen LogP contribution in [0.2, 0.25) is 0 Å². The smallest absolute Gasteiger partial charge is 0.00380 e. The second-order valence-corrected chi connectivity index (χ2v) is 5.30.